The molecule has 0 bridgehead atoms. The summed E-state index contributed by atoms with van der Waals surface area (Å²) in [6.45, 7) is 5.18. The van der Waals surface area contributed by atoms with Gasteiger partial charge in [-0.3, -0.25) is 4.98 Å². The smallest absolute Gasteiger partial charge is 0.0807 e. The van der Waals surface area contributed by atoms with Gasteiger partial charge >= 0.3 is 0 Å². The van der Waals surface area contributed by atoms with Crippen molar-refractivity contribution in [3.05, 3.63) is 40.7 Å². The Morgan fingerprint density at radius 3 is 2.94 bits per heavy atom. The third-order valence-corrected chi connectivity index (χ3v) is 3.59. The summed E-state index contributed by atoms with van der Waals surface area (Å²) in [7, 11) is 0. The predicted molar refractivity (Wildman–Crippen MR) is 73.7 cm³/mol. The molecule has 0 spiro atoms. The summed E-state index contributed by atoms with van der Waals surface area (Å²) in [4.78, 5) is 5.41. The highest BCUT2D eigenvalue weighted by Crippen LogP contribution is 2.27. The highest BCUT2D eigenvalue weighted by molar-refractivity contribution is 7.05. The van der Waals surface area contributed by atoms with Gasteiger partial charge in [-0.1, -0.05) is 30.8 Å². The third kappa shape index (κ3) is 2.91. The van der Waals surface area contributed by atoms with E-state index >= 15 is 0 Å². The summed E-state index contributed by atoms with van der Waals surface area (Å²) < 4.78 is 4.10. The lowest BCUT2D eigenvalue weighted by Crippen LogP contribution is -2.22. The molecule has 4 nitrogen and oxygen atoms in total. The maximum absolute atomic E-state index is 4.24. The molecule has 1 N–H and O–H groups in total. The molecule has 2 heterocycles. The highest BCUT2D eigenvalue weighted by atomic mass is 32.1. The second-order valence-electron chi connectivity index (χ2n) is 4.11. The summed E-state index contributed by atoms with van der Waals surface area (Å²) in [5.74, 6) is 0. The average molecular weight is 262 g/mol. The molecule has 1 atom stereocenters. The van der Waals surface area contributed by atoms with Crippen LogP contribution in [0.25, 0.3) is 0 Å². The normalized spacial score (nSPS) is 12.6. The molecule has 0 aliphatic rings. The van der Waals surface area contributed by atoms with Crippen LogP contribution in [-0.2, 0) is 6.42 Å². The van der Waals surface area contributed by atoms with Crippen LogP contribution in [0.1, 0.15) is 42.4 Å². The summed E-state index contributed by atoms with van der Waals surface area (Å²) in [5.41, 5.74) is 2.28. The monoisotopic (exact) mass is 262 g/mol. The minimum atomic E-state index is 0.158. The van der Waals surface area contributed by atoms with Crippen LogP contribution < -0.4 is 5.32 Å². The zero-order valence-corrected chi connectivity index (χ0v) is 11.6. The van der Waals surface area contributed by atoms with E-state index < -0.39 is 0 Å². The van der Waals surface area contributed by atoms with Crippen molar-refractivity contribution in [2.45, 2.75) is 32.7 Å². The van der Waals surface area contributed by atoms with Gasteiger partial charge in [-0.15, -0.1) is 5.10 Å². The van der Waals surface area contributed by atoms with E-state index in [1.54, 1.807) is 6.20 Å². The largest absolute Gasteiger partial charge is 0.306 e. The number of nitrogens with zero attached hydrogens (tertiary/aromatic N) is 3. The number of pyridine rings is 1. The van der Waals surface area contributed by atoms with E-state index in [2.05, 4.69) is 39.8 Å². The molecule has 0 saturated heterocycles. The first-order valence-electron chi connectivity index (χ1n) is 6.31. The third-order valence-electron chi connectivity index (χ3n) is 2.76. The van der Waals surface area contributed by atoms with Crippen LogP contribution in [0.15, 0.2) is 24.5 Å². The molecule has 0 aliphatic carbocycles. The maximum atomic E-state index is 4.24. The SMILES string of the molecule is CCCc1nnsc1C(NCC)c1cccnc1. The van der Waals surface area contributed by atoms with Crippen LogP contribution in [0, 0.1) is 0 Å². The Bertz CT molecular complexity index is 469. The van der Waals surface area contributed by atoms with Gasteiger partial charge in [-0.2, -0.15) is 0 Å². The first-order valence-corrected chi connectivity index (χ1v) is 7.08. The van der Waals surface area contributed by atoms with Crippen molar-refractivity contribution in [3.63, 3.8) is 0 Å². The van der Waals surface area contributed by atoms with E-state index in [1.165, 1.54) is 22.0 Å². The van der Waals surface area contributed by atoms with Gasteiger partial charge < -0.3 is 5.32 Å². The zero-order chi connectivity index (χ0) is 12.8. The summed E-state index contributed by atoms with van der Waals surface area (Å²) in [6, 6.07) is 4.22. The lowest BCUT2D eigenvalue weighted by atomic mass is 10.0. The second-order valence-corrected chi connectivity index (χ2v) is 4.90. The Labute approximate surface area is 112 Å². The molecule has 5 heteroatoms. The molecule has 0 aliphatic heterocycles. The molecule has 0 fully saturated rings. The van der Waals surface area contributed by atoms with E-state index in [4.69, 9.17) is 0 Å². The van der Waals surface area contributed by atoms with Gasteiger partial charge in [-0.05, 0) is 36.1 Å². The first kappa shape index (κ1) is 13.1. The van der Waals surface area contributed by atoms with Gasteiger partial charge in [0.1, 0.15) is 0 Å². The molecule has 0 amide bonds. The van der Waals surface area contributed by atoms with Crippen molar-refractivity contribution in [1.29, 1.82) is 0 Å². The van der Waals surface area contributed by atoms with Gasteiger partial charge in [0.2, 0.25) is 0 Å². The quantitative estimate of drug-likeness (QED) is 0.869. The Morgan fingerprint density at radius 1 is 1.39 bits per heavy atom. The zero-order valence-electron chi connectivity index (χ0n) is 10.8. The molecule has 2 rings (SSSR count). The highest BCUT2D eigenvalue weighted by Gasteiger charge is 2.19. The Kier molecular flexibility index (Phi) is 4.78. The van der Waals surface area contributed by atoms with Crippen molar-refractivity contribution >= 4 is 11.5 Å². The standard InChI is InChI=1S/C13H18N4S/c1-3-6-11-13(18-17-16-11)12(15-4-2)10-7-5-8-14-9-10/h5,7-9,12,15H,3-4,6H2,1-2H3. The van der Waals surface area contributed by atoms with Crippen molar-refractivity contribution < 1.29 is 0 Å². The lowest BCUT2D eigenvalue weighted by molar-refractivity contribution is 0.629. The Hall–Kier alpha value is -1.33. The topological polar surface area (TPSA) is 50.7 Å². The van der Waals surface area contributed by atoms with Crippen LogP contribution in [0.5, 0.6) is 0 Å². The van der Waals surface area contributed by atoms with E-state index in [-0.39, 0.29) is 6.04 Å². The maximum Gasteiger partial charge on any atom is 0.0807 e. The minimum absolute atomic E-state index is 0.158. The fourth-order valence-corrected chi connectivity index (χ4v) is 2.76. The summed E-state index contributed by atoms with van der Waals surface area (Å²) in [6.07, 6.45) is 5.77. The van der Waals surface area contributed by atoms with Crippen LogP contribution in [-0.4, -0.2) is 21.1 Å². The fraction of sp³-hybridized carbons (Fsp3) is 0.462. The van der Waals surface area contributed by atoms with Gasteiger partial charge in [0.15, 0.2) is 0 Å². The number of aromatic nitrogens is 3. The van der Waals surface area contributed by atoms with Crippen molar-refractivity contribution in [2.24, 2.45) is 0 Å². The number of nitrogens with one attached hydrogen (secondary N) is 1. The van der Waals surface area contributed by atoms with Gasteiger partial charge in [-0.25, -0.2) is 0 Å². The second kappa shape index (κ2) is 6.56. The van der Waals surface area contributed by atoms with Gasteiger partial charge in [0, 0.05) is 12.4 Å². The van der Waals surface area contributed by atoms with E-state index in [1.807, 2.05) is 12.3 Å². The van der Waals surface area contributed by atoms with E-state index in [0.717, 1.165) is 25.1 Å². The molecular formula is C13H18N4S. The molecule has 0 aromatic carbocycles. The lowest BCUT2D eigenvalue weighted by Gasteiger charge is -2.16. The summed E-state index contributed by atoms with van der Waals surface area (Å²) in [5, 5.41) is 7.73. The molecular weight excluding hydrogens is 244 g/mol. The van der Waals surface area contributed by atoms with Crippen LogP contribution >= 0.6 is 11.5 Å². The number of aryl methyl sites for hydroxylation is 1. The fourth-order valence-electron chi connectivity index (χ4n) is 1.96. The van der Waals surface area contributed by atoms with E-state index in [0.29, 0.717) is 0 Å². The molecule has 1 unspecified atom stereocenters. The van der Waals surface area contributed by atoms with Crippen LogP contribution in [0.4, 0.5) is 0 Å². The number of rotatable bonds is 6. The molecule has 2 aromatic heterocycles. The summed E-state index contributed by atoms with van der Waals surface area (Å²) >= 11 is 1.48. The van der Waals surface area contributed by atoms with Crippen LogP contribution in [0.3, 0.4) is 0 Å². The Balaban J connectivity index is 2.32. The predicted octanol–water partition coefficient (Wildman–Crippen LogP) is 2.58. The molecule has 0 radical (unpaired) electrons. The molecule has 0 saturated carbocycles. The number of hydrogen-bond acceptors (Lipinski definition) is 5. The van der Waals surface area contributed by atoms with Crippen molar-refractivity contribution in [2.75, 3.05) is 6.54 Å². The minimum Gasteiger partial charge on any atom is -0.306 e. The van der Waals surface area contributed by atoms with Gasteiger partial charge in [0.05, 0.1) is 16.6 Å². The first-order chi connectivity index (χ1) is 8.86. The molecule has 2 aromatic rings. The van der Waals surface area contributed by atoms with Crippen molar-refractivity contribution in [3.8, 4) is 0 Å². The molecule has 18 heavy (non-hydrogen) atoms. The molecule has 96 valence electrons. The van der Waals surface area contributed by atoms with Crippen molar-refractivity contribution in [1.82, 2.24) is 19.9 Å². The Morgan fingerprint density at radius 2 is 2.28 bits per heavy atom. The van der Waals surface area contributed by atoms with Gasteiger partial charge in [0.25, 0.3) is 0 Å². The average Bonchev–Trinajstić information content (AvgIpc) is 2.85. The number of hydrogen-bond donors (Lipinski definition) is 1. The van der Waals surface area contributed by atoms with E-state index in [9.17, 15) is 0 Å². The van der Waals surface area contributed by atoms with Crippen LogP contribution in [0.2, 0.25) is 0 Å².